The molecule has 0 saturated carbocycles. The van der Waals surface area contributed by atoms with Crippen molar-refractivity contribution in [1.29, 1.82) is 0 Å². The van der Waals surface area contributed by atoms with Crippen molar-refractivity contribution in [2.45, 2.75) is 24.2 Å². The van der Waals surface area contributed by atoms with Crippen LogP contribution in [-0.2, 0) is 10.0 Å². The molecule has 106 valence electrons. The summed E-state index contributed by atoms with van der Waals surface area (Å²) in [6.07, 6.45) is 4.56. The number of aromatic nitrogens is 1. The van der Waals surface area contributed by atoms with Gasteiger partial charge in [0.15, 0.2) is 0 Å². The maximum atomic E-state index is 12.6. The maximum absolute atomic E-state index is 12.6. The molecular formula is C14H15ClN2O2S. The predicted octanol–water partition coefficient (Wildman–Crippen LogP) is 3.06. The molecule has 2 aromatic rings. The summed E-state index contributed by atoms with van der Waals surface area (Å²) in [4.78, 5) is 4.48. The molecule has 0 aliphatic carbocycles. The lowest BCUT2D eigenvalue weighted by Crippen LogP contribution is -2.35. The Morgan fingerprint density at radius 1 is 1.10 bits per heavy atom. The second-order valence-corrected chi connectivity index (χ2v) is 7.28. The van der Waals surface area contributed by atoms with E-state index < -0.39 is 10.0 Å². The van der Waals surface area contributed by atoms with Gasteiger partial charge in [-0.1, -0.05) is 18.0 Å². The predicted molar refractivity (Wildman–Crippen MR) is 79.4 cm³/mol. The van der Waals surface area contributed by atoms with Crippen molar-refractivity contribution < 1.29 is 8.42 Å². The van der Waals surface area contributed by atoms with E-state index in [1.54, 1.807) is 34.8 Å². The number of sulfonamides is 1. The quantitative estimate of drug-likeness (QED) is 0.856. The molecule has 0 bridgehead atoms. The lowest BCUT2D eigenvalue weighted by atomic mass is 10.2. The number of benzene rings is 1. The summed E-state index contributed by atoms with van der Waals surface area (Å²) < 4.78 is 26.8. The molecule has 0 radical (unpaired) electrons. The summed E-state index contributed by atoms with van der Waals surface area (Å²) in [5.41, 5.74) is 0.704. The van der Waals surface area contributed by atoms with Crippen LogP contribution in [0.3, 0.4) is 0 Å². The van der Waals surface area contributed by atoms with Gasteiger partial charge in [-0.15, -0.1) is 0 Å². The molecule has 1 fully saturated rings. The van der Waals surface area contributed by atoms with E-state index in [-0.39, 0.29) is 0 Å². The minimum Gasteiger partial charge on any atom is -0.256 e. The Balaban J connectivity index is 2.07. The van der Waals surface area contributed by atoms with Crippen molar-refractivity contribution >= 4 is 32.5 Å². The van der Waals surface area contributed by atoms with Crippen LogP contribution in [0.4, 0.5) is 0 Å². The van der Waals surface area contributed by atoms with Crippen LogP contribution in [0.25, 0.3) is 10.9 Å². The smallest absolute Gasteiger partial charge is 0.243 e. The topological polar surface area (TPSA) is 50.3 Å². The van der Waals surface area contributed by atoms with Crippen molar-refractivity contribution in [2.75, 3.05) is 13.1 Å². The second-order valence-electron chi connectivity index (χ2n) is 4.94. The van der Waals surface area contributed by atoms with Crippen LogP contribution in [0.5, 0.6) is 0 Å². The number of nitrogens with zero attached hydrogens (tertiary/aromatic N) is 2. The Kier molecular flexibility index (Phi) is 3.67. The molecule has 3 rings (SSSR count). The Hall–Kier alpha value is -1.17. The molecule has 1 aromatic carbocycles. The largest absolute Gasteiger partial charge is 0.256 e. The van der Waals surface area contributed by atoms with Crippen molar-refractivity contribution in [3.05, 3.63) is 35.5 Å². The molecule has 20 heavy (non-hydrogen) atoms. The number of fused-ring (bicyclic) bond motifs is 1. The van der Waals surface area contributed by atoms with E-state index >= 15 is 0 Å². The van der Waals surface area contributed by atoms with Gasteiger partial charge in [0.2, 0.25) is 10.0 Å². The van der Waals surface area contributed by atoms with Crippen molar-refractivity contribution in [1.82, 2.24) is 9.29 Å². The zero-order chi connectivity index (χ0) is 14.2. The fraction of sp³-hybridized carbons (Fsp3) is 0.357. The molecule has 0 N–H and O–H groups in total. The highest BCUT2D eigenvalue weighted by atomic mass is 35.5. The summed E-state index contributed by atoms with van der Waals surface area (Å²) in [7, 11) is -3.42. The highest BCUT2D eigenvalue weighted by Gasteiger charge is 2.26. The van der Waals surface area contributed by atoms with Crippen LogP contribution in [0.2, 0.25) is 5.02 Å². The zero-order valence-electron chi connectivity index (χ0n) is 10.9. The third-order valence-electron chi connectivity index (χ3n) is 3.61. The van der Waals surface area contributed by atoms with Gasteiger partial charge < -0.3 is 0 Å². The molecule has 0 unspecified atom stereocenters. The normalized spacial score (nSPS) is 17.4. The molecule has 0 atom stereocenters. The monoisotopic (exact) mass is 310 g/mol. The summed E-state index contributed by atoms with van der Waals surface area (Å²) in [5.74, 6) is 0. The van der Waals surface area contributed by atoms with E-state index in [0.717, 1.165) is 19.3 Å². The number of hydrogen-bond acceptors (Lipinski definition) is 3. The SMILES string of the molecule is O=S(=O)(c1ccc2nccc(Cl)c2c1)N1CCCCC1. The minimum absolute atomic E-state index is 0.293. The summed E-state index contributed by atoms with van der Waals surface area (Å²) in [6.45, 7) is 1.20. The first-order chi connectivity index (χ1) is 9.59. The molecule has 1 aromatic heterocycles. The average Bonchev–Trinajstić information content (AvgIpc) is 2.48. The van der Waals surface area contributed by atoms with E-state index in [4.69, 9.17) is 11.6 Å². The third-order valence-corrected chi connectivity index (χ3v) is 5.84. The lowest BCUT2D eigenvalue weighted by molar-refractivity contribution is 0.346. The molecule has 4 nitrogen and oxygen atoms in total. The first-order valence-corrected chi connectivity index (χ1v) is 8.45. The zero-order valence-corrected chi connectivity index (χ0v) is 12.5. The highest BCUT2D eigenvalue weighted by Crippen LogP contribution is 2.27. The molecule has 0 amide bonds. The Morgan fingerprint density at radius 3 is 2.60 bits per heavy atom. The van der Waals surface area contributed by atoms with Gasteiger partial charge >= 0.3 is 0 Å². The number of hydrogen-bond donors (Lipinski definition) is 0. The van der Waals surface area contributed by atoms with E-state index in [9.17, 15) is 8.42 Å². The van der Waals surface area contributed by atoms with Crippen molar-refractivity contribution in [3.8, 4) is 0 Å². The second kappa shape index (κ2) is 5.31. The van der Waals surface area contributed by atoms with Gasteiger partial charge in [0.1, 0.15) is 0 Å². The number of rotatable bonds is 2. The van der Waals surface area contributed by atoms with E-state index in [0.29, 0.717) is 33.9 Å². The number of halogens is 1. The standard InChI is InChI=1S/C14H15ClN2O2S/c15-13-6-7-16-14-5-4-11(10-12(13)14)20(18,19)17-8-2-1-3-9-17/h4-7,10H,1-3,8-9H2. The molecule has 6 heteroatoms. The Labute approximate surface area is 123 Å². The van der Waals surface area contributed by atoms with E-state index in [1.165, 1.54) is 0 Å². The Bertz CT molecular complexity index is 740. The lowest BCUT2D eigenvalue weighted by Gasteiger charge is -2.25. The third kappa shape index (κ3) is 2.41. The Morgan fingerprint density at radius 2 is 1.85 bits per heavy atom. The van der Waals surface area contributed by atoms with E-state index in [1.807, 2.05) is 0 Å². The first-order valence-electron chi connectivity index (χ1n) is 6.63. The molecule has 1 aliphatic rings. The van der Waals surface area contributed by atoms with Gasteiger partial charge in [0.25, 0.3) is 0 Å². The van der Waals surface area contributed by atoms with Crippen LogP contribution in [-0.4, -0.2) is 30.8 Å². The van der Waals surface area contributed by atoms with Crippen molar-refractivity contribution in [2.24, 2.45) is 0 Å². The molecule has 0 spiro atoms. The van der Waals surface area contributed by atoms with Crippen molar-refractivity contribution in [3.63, 3.8) is 0 Å². The fourth-order valence-corrected chi connectivity index (χ4v) is 4.26. The maximum Gasteiger partial charge on any atom is 0.243 e. The van der Waals surface area contributed by atoms with Gasteiger partial charge in [0, 0.05) is 24.7 Å². The molecule has 2 heterocycles. The highest BCUT2D eigenvalue weighted by molar-refractivity contribution is 7.89. The number of piperidine rings is 1. The van der Waals surface area contributed by atoms with Crippen LogP contribution in [0.15, 0.2) is 35.4 Å². The van der Waals surface area contributed by atoms with Gasteiger partial charge in [-0.05, 0) is 37.1 Å². The molecule has 1 saturated heterocycles. The van der Waals surface area contributed by atoms with E-state index in [2.05, 4.69) is 4.98 Å². The van der Waals surface area contributed by atoms with Crippen LogP contribution >= 0.6 is 11.6 Å². The van der Waals surface area contributed by atoms with Crippen LogP contribution in [0, 0.1) is 0 Å². The summed E-state index contributed by atoms with van der Waals surface area (Å²) in [5, 5.41) is 1.19. The minimum atomic E-state index is -3.42. The average molecular weight is 311 g/mol. The molecule has 1 aliphatic heterocycles. The molecular weight excluding hydrogens is 296 g/mol. The van der Waals surface area contributed by atoms with Gasteiger partial charge in [-0.2, -0.15) is 4.31 Å². The fourth-order valence-electron chi connectivity index (χ4n) is 2.51. The summed E-state index contributed by atoms with van der Waals surface area (Å²) in [6, 6.07) is 6.60. The summed E-state index contributed by atoms with van der Waals surface area (Å²) >= 11 is 6.12. The number of pyridine rings is 1. The van der Waals surface area contributed by atoms with Gasteiger partial charge in [-0.3, -0.25) is 4.98 Å². The first kappa shape index (κ1) is 13.8. The van der Waals surface area contributed by atoms with Gasteiger partial charge in [0.05, 0.1) is 15.4 Å². The van der Waals surface area contributed by atoms with Gasteiger partial charge in [-0.25, -0.2) is 8.42 Å². The van der Waals surface area contributed by atoms with Crippen LogP contribution < -0.4 is 0 Å². The van der Waals surface area contributed by atoms with Crippen LogP contribution in [0.1, 0.15) is 19.3 Å².